The summed E-state index contributed by atoms with van der Waals surface area (Å²) in [6.45, 7) is 2.83. The average Bonchev–Trinajstić information content (AvgIpc) is 2.61. The first kappa shape index (κ1) is 8.81. The van der Waals surface area contributed by atoms with E-state index in [9.17, 15) is 4.79 Å². The molecule has 2 aliphatic rings. The van der Waals surface area contributed by atoms with Crippen LogP contribution in [0.25, 0.3) is 0 Å². The third kappa shape index (κ3) is 1.63. The minimum Gasteiger partial charge on any atom is -0.374 e. The molecule has 74 valence electrons. The molecule has 0 aromatic rings. The number of carbonyl (C=O) groups is 1. The molecule has 1 unspecified atom stereocenters. The van der Waals surface area contributed by atoms with E-state index in [1.807, 2.05) is 0 Å². The summed E-state index contributed by atoms with van der Waals surface area (Å²) in [5.74, 6) is 0. The number of carbonyl (C=O) groups excluding carboxylic acids is 1. The molecule has 0 bridgehead atoms. The highest BCUT2D eigenvalue weighted by Crippen LogP contribution is 2.22. The number of rotatable bonds is 3. The van der Waals surface area contributed by atoms with E-state index in [1.54, 1.807) is 0 Å². The van der Waals surface area contributed by atoms with Crippen molar-refractivity contribution in [1.82, 2.24) is 10.6 Å². The van der Waals surface area contributed by atoms with Crippen molar-refractivity contribution < 1.29 is 9.53 Å². The van der Waals surface area contributed by atoms with Gasteiger partial charge in [-0.15, -0.1) is 0 Å². The van der Waals surface area contributed by atoms with Gasteiger partial charge in [0.2, 0.25) is 0 Å². The minimum absolute atomic E-state index is 0.0419. The summed E-state index contributed by atoms with van der Waals surface area (Å²) < 4.78 is 5.59. The molecule has 2 saturated heterocycles. The lowest BCUT2D eigenvalue weighted by atomic mass is 10.0. The van der Waals surface area contributed by atoms with Crippen molar-refractivity contribution in [3.05, 3.63) is 0 Å². The minimum atomic E-state index is -0.0419. The monoisotopic (exact) mass is 184 g/mol. The molecule has 2 heterocycles. The van der Waals surface area contributed by atoms with Crippen molar-refractivity contribution in [3.63, 3.8) is 0 Å². The third-order valence-electron chi connectivity index (χ3n) is 2.78. The smallest absolute Gasteiger partial charge is 0.315 e. The van der Waals surface area contributed by atoms with Gasteiger partial charge in [-0.25, -0.2) is 4.79 Å². The molecule has 0 aliphatic carbocycles. The van der Waals surface area contributed by atoms with E-state index in [1.165, 1.54) is 12.8 Å². The van der Waals surface area contributed by atoms with E-state index in [0.29, 0.717) is 6.61 Å². The highest BCUT2D eigenvalue weighted by atomic mass is 16.5. The molecule has 4 heteroatoms. The summed E-state index contributed by atoms with van der Waals surface area (Å²) in [7, 11) is 0. The van der Waals surface area contributed by atoms with Gasteiger partial charge in [0.25, 0.3) is 0 Å². The second kappa shape index (κ2) is 3.54. The average molecular weight is 184 g/mol. The van der Waals surface area contributed by atoms with Gasteiger partial charge in [0.05, 0.1) is 24.8 Å². The molecule has 0 aromatic carbocycles. The van der Waals surface area contributed by atoms with Gasteiger partial charge in [-0.2, -0.15) is 0 Å². The maximum absolute atomic E-state index is 11.0. The first-order valence-corrected chi connectivity index (χ1v) is 5.00. The van der Waals surface area contributed by atoms with E-state index in [4.69, 9.17) is 4.74 Å². The van der Waals surface area contributed by atoms with Crippen LogP contribution >= 0.6 is 0 Å². The lowest BCUT2D eigenvalue weighted by Crippen LogP contribution is -2.37. The highest BCUT2D eigenvalue weighted by molar-refractivity contribution is 5.77. The Balaban J connectivity index is 1.89. The zero-order valence-corrected chi connectivity index (χ0v) is 7.88. The van der Waals surface area contributed by atoms with Gasteiger partial charge in [-0.3, -0.25) is 0 Å². The molecule has 4 nitrogen and oxygen atoms in total. The van der Waals surface area contributed by atoms with Crippen molar-refractivity contribution in [2.24, 2.45) is 0 Å². The summed E-state index contributed by atoms with van der Waals surface area (Å²) in [6.07, 6.45) is 3.63. The normalized spacial score (nSPS) is 37.0. The Morgan fingerprint density at radius 1 is 1.54 bits per heavy atom. The fourth-order valence-electron chi connectivity index (χ4n) is 2.05. The zero-order valence-electron chi connectivity index (χ0n) is 7.88. The molecule has 2 aliphatic heterocycles. The van der Waals surface area contributed by atoms with Crippen LogP contribution in [-0.2, 0) is 4.74 Å². The zero-order chi connectivity index (χ0) is 9.26. The molecular formula is C9H16N2O2. The molecule has 2 N–H and O–H groups in total. The predicted molar refractivity (Wildman–Crippen MR) is 48.5 cm³/mol. The maximum atomic E-state index is 11.0. The number of ether oxygens (including phenoxy) is 1. The van der Waals surface area contributed by atoms with Crippen molar-refractivity contribution in [2.45, 2.75) is 44.4 Å². The summed E-state index contributed by atoms with van der Waals surface area (Å²) in [4.78, 5) is 11.0. The topological polar surface area (TPSA) is 50.4 Å². The summed E-state index contributed by atoms with van der Waals surface area (Å²) >= 11 is 0. The fourth-order valence-corrected chi connectivity index (χ4v) is 2.05. The molecule has 0 aromatic heterocycles. The van der Waals surface area contributed by atoms with Crippen LogP contribution in [0.1, 0.15) is 26.2 Å². The number of nitrogens with one attached hydrogen (secondary N) is 2. The van der Waals surface area contributed by atoms with Crippen LogP contribution in [-0.4, -0.2) is 30.8 Å². The van der Waals surface area contributed by atoms with E-state index < -0.39 is 0 Å². The molecular weight excluding hydrogens is 168 g/mol. The fraction of sp³-hybridized carbons (Fsp3) is 0.889. The van der Waals surface area contributed by atoms with Crippen LogP contribution in [0.5, 0.6) is 0 Å². The molecule has 0 saturated carbocycles. The van der Waals surface area contributed by atoms with Gasteiger partial charge in [0.15, 0.2) is 0 Å². The summed E-state index contributed by atoms with van der Waals surface area (Å²) in [5.41, 5.74) is 0. The van der Waals surface area contributed by atoms with E-state index in [0.717, 1.165) is 6.42 Å². The Morgan fingerprint density at radius 3 is 3.15 bits per heavy atom. The Morgan fingerprint density at radius 2 is 2.38 bits per heavy atom. The van der Waals surface area contributed by atoms with Crippen LogP contribution in [0.2, 0.25) is 0 Å². The molecule has 13 heavy (non-hydrogen) atoms. The van der Waals surface area contributed by atoms with Gasteiger partial charge in [-0.05, 0) is 6.42 Å². The Hall–Kier alpha value is -0.770. The van der Waals surface area contributed by atoms with Crippen LogP contribution in [0.3, 0.4) is 0 Å². The molecule has 2 fully saturated rings. The van der Waals surface area contributed by atoms with Crippen LogP contribution in [0.15, 0.2) is 0 Å². The Labute approximate surface area is 78.0 Å². The number of hydrogen-bond acceptors (Lipinski definition) is 2. The van der Waals surface area contributed by atoms with E-state index in [-0.39, 0.29) is 24.2 Å². The van der Waals surface area contributed by atoms with Crippen LogP contribution in [0, 0.1) is 0 Å². The van der Waals surface area contributed by atoms with E-state index in [2.05, 4.69) is 17.6 Å². The second-order valence-electron chi connectivity index (χ2n) is 3.76. The van der Waals surface area contributed by atoms with Crippen LogP contribution < -0.4 is 10.6 Å². The third-order valence-corrected chi connectivity index (χ3v) is 2.78. The van der Waals surface area contributed by atoms with Gasteiger partial charge in [-0.1, -0.05) is 19.8 Å². The Bertz CT molecular complexity index is 208. The van der Waals surface area contributed by atoms with Gasteiger partial charge in [0.1, 0.15) is 0 Å². The number of urea groups is 1. The van der Waals surface area contributed by atoms with Gasteiger partial charge >= 0.3 is 6.03 Å². The van der Waals surface area contributed by atoms with Crippen molar-refractivity contribution in [2.75, 3.05) is 6.61 Å². The number of fused-ring (bicyclic) bond motifs is 1. The van der Waals surface area contributed by atoms with Gasteiger partial charge < -0.3 is 15.4 Å². The quantitative estimate of drug-likeness (QED) is 0.675. The summed E-state index contributed by atoms with van der Waals surface area (Å²) in [6, 6.07) is 0.369. The van der Waals surface area contributed by atoms with Crippen molar-refractivity contribution in [3.8, 4) is 0 Å². The predicted octanol–water partition coefficient (Wildman–Crippen LogP) is 0.625. The second-order valence-corrected chi connectivity index (χ2v) is 3.76. The maximum Gasteiger partial charge on any atom is 0.315 e. The number of unbranched alkanes of at least 4 members (excludes halogenated alkanes) is 1. The van der Waals surface area contributed by atoms with Crippen molar-refractivity contribution >= 4 is 6.03 Å². The molecule has 0 spiro atoms. The molecule has 3 atom stereocenters. The van der Waals surface area contributed by atoms with Crippen LogP contribution in [0.4, 0.5) is 4.79 Å². The van der Waals surface area contributed by atoms with Gasteiger partial charge in [0, 0.05) is 0 Å². The lowest BCUT2D eigenvalue weighted by molar-refractivity contribution is 0.0878. The number of amides is 2. The van der Waals surface area contributed by atoms with E-state index >= 15 is 0 Å². The molecule has 0 radical (unpaired) electrons. The largest absolute Gasteiger partial charge is 0.374 e. The lowest BCUT2D eigenvalue weighted by Gasteiger charge is -2.15. The standard InChI is InChI=1S/C9H16N2O2/c1-2-3-4-7-8-6(5-13-7)10-9(12)11-8/h6-8H,2-5H2,1H3,(H2,10,11,12)/t6-,7?,8-/m1/s1. The number of hydrogen-bond donors (Lipinski definition) is 2. The molecule has 2 amide bonds. The van der Waals surface area contributed by atoms with Crippen molar-refractivity contribution in [1.29, 1.82) is 0 Å². The summed E-state index contributed by atoms with van der Waals surface area (Å²) in [5, 5.41) is 5.75. The first-order valence-electron chi connectivity index (χ1n) is 5.00. The first-order chi connectivity index (χ1) is 6.31. The Kier molecular flexibility index (Phi) is 2.40. The SMILES string of the molecule is CCCCC1OC[C@H]2NC(=O)N[C@@H]12. The highest BCUT2D eigenvalue weighted by Gasteiger charge is 2.42. The molecule has 2 rings (SSSR count).